The maximum absolute atomic E-state index is 9.25. The van der Waals surface area contributed by atoms with E-state index in [0.29, 0.717) is 0 Å². The van der Waals surface area contributed by atoms with Crippen molar-refractivity contribution in [2.45, 2.75) is 31.5 Å². The molecule has 3 nitrogen and oxygen atoms in total. The van der Waals surface area contributed by atoms with Gasteiger partial charge in [-0.3, -0.25) is 0 Å². The van der Waals surface area contributed by atoms with Crippen LogP contribution >= 0.6 is 0 Å². The molecule has 3 heteroatoms. The molecule has 0 aliphatic heterocycles. The fraction of sp³-hybridized carbons (Fsp3) is 0.857. The molecule has 1 radical (unpaired) electrons. The fourth-order valence-electron chi connectivity index (χ4n) is 0.860. The molecule has 0 rings (SSSR count). The predicted octanol–water partition coefficient (Wildman–Crippen LogP) is -0.295. The Morgan fingerprint density at radius 1 is 1.60 bits per heavy atom. The summed E-state index contributed by atoms with van der Waals surface area (Å²) in [6, 6.07) is 0. The Kier molecular flexibility index (Phi) is 3.86. The Morgan fingerprint density at radius 2 is 2.10 bits per heavy atom. The van der Waals surface area contributed by atoms with Crippen LogP contribution in [-0.2, 0) is 0 Å². The lowest BCUT2D eigenvalue weighted by molar-refractivity contribution is 0.0124. The van der Waals surface area contributed by atoms with Crippen LogP contribution in [0.1, 0.15) is 19.8 Å². The van der Waals surface area contributed by atoms with Crippen LogP contribution in [0.25, 0.3) is 0 Å². The van der Waals surface area contributed by atoms with Crippen molar-refractivity contribution in [3.63, 3.8) is 0 Å². The molecule has 0 saturated carbocycles. The topological polar surface area (TPSA) is 60.7 Å². The normalized spacial score (nSPS) is 20.1. The molecular formula is C7H15O3. The first-order valence-corrected chi connectivity index (χ1v) is 3.34. The summed E-state index contributed by atoms with van der Waals surface area (Å²) in [5.74, 6) is 0. The highest BCUT2D eigenvalue weighted by Gasteiger charge is 2.21. The van der Waals surface area contributed by atoms with E-state index in [1.54, 1.807) is 6.92 Å². The van der Waals surface area contributed by atoms with Crippen molar-refractivity contribution in [1.29, 1.82) is 0 Å². The van der Waals surface area contributed by atoms with Crippen molar-refractivity contribution in [2.24, 2.45) is 0 Å². The number of rotatable bonds is 4. The lowest BCUT2D eigenvalue weighted by Crippen LogP contribution is -2.30. The summed E-state index contributed by atoms with van der Waals surface area (Å²) in [6.45, 7) is 4.91. The fourth-order valence-corrected chi connectivity index (χ4v) is 0.860. The second kappa shape index (κ2) is 3.91. The molecule has 0 aromatic rings. The molecule has 2 unspecified atom stereocenters. The third-order valence-electron chi connectivity index (χ3n) is 1.25. The van der Waals surface area contributed by atoms with Gasteiger partial charge in [-0.1, -0.05) is 0 Å². The van der Waals surface area contributed by atoms with Crippen LogP contribution in [-0.4, -0.2) is 33.6 Å². The highest BCUT2D eigenvalue weighted by Crippen LogP contribution is 2.14. The molecule has 0 heterocycles. The van der Waals surface area contributed by atoms with E-state index in [4.69, 9.17) is 10.2 Å². The highest BCUT2D eigenvalue weighted by molar-refractivity contribution is 4.82. The van der Waals surface area contributed by atoms with Gasteiger partial charge in [-0.15, -0.1) is 0 Å². The maximum Gasteiger partial charge on any atom is 0.0695 e. The molecule has 3 N–H and O–H groups in total. The van der Waals surface area contributed by atoms with Crippen molar-refractivity contribution in [1.82, 2.24) is 0 Å². The first-order valence-electron chi connectivity index (χ1n) is 3.34. The SMILES string of the molecule is [CH2]C(O)(CCO)CC(C)O. The Bertz CT molecular complexity index is 88.9. The van der Waals surface area contributed by atoms with Crippen LogP contribution in [0.5, 0.6) is 0 Å². The van der Waals surface area contributed by atoms with Gasteiger partial charge < -0.3 is 15.3 Å². The van der Waals surface area contributed by atoms with Crippen molar-refractivity contribution < 1.29 is 15.3 Å². The van der Waals surface area contributed by atoms with Gasteiger partial charge in [0.1, 0.15) is 0 Å². The van der Waals surface area contributed by atoms with Crippen LogP contribution in [0.2, 0.25) is 0 Å². The third kappa shape index (κ3) is 4.73. The zero-order valence-electron chi connectivity index (χ0n) is 6.25. The lowest BCUT2D eigenvalue weighted by atomic mass is 9.96. The zero-order valence-corrected chi connectivity index (χ0v) is 6.25. The molecule has 0 aromatic carbocycles. The van der Waals surface area contributed by atoms with Crippen LogP contribution in [0.15, 0.2) is 0 Å². The Labute approximate surface area is 61.3 Å². The predicted molar refractivity (Wildman–Crippen MR) is 38.3 cm³/mol. The standard InChI is InChI=1S/C7H15O3/c1-6(9)5-7(2,10)3-4-8/h6,8-10H,2-5H2,1H3. The number of hydrogen-bond donors (Lipinski definition) is 3. The van der Waals surface area contributed by atoms with Gasteiger partial charge in [0.2, 0.25) is 0 Å². The molecule has 0 amide bonds. The van der Waals surface area contributed by atoms with Crippen molar-refractivity contribution in [3.8, 4) is 0 Å². The number of aliphatic hydroxyl groups excluding tert-OH is 2. The molecule has 0 bridgehead atoms. The van der Waals surface area contributed by atoms with E-state index in [1.165, 1.54) is 0 Å². The van der Waals surface area contributed by atoms with E-state index < -0.39 is 11.7 Å². The average molecular weight is 147 g/mol. The van der Waals surface area contributed by atoms with Gasteiger partial charge in [-0.05, 0) is 20.3 Å². The van der Waals surface area contributed by atoms with Gasteiger partial charge in [0.25, 0.3) is 0 Å². The minimum Gasteiger partial charge on any atom is -0.396 e. The van der Waals surface area contributed by atoms with E-state index in [-0.39, 0.29) is 19.4 Å². The molecule has 0 aliphatic carbocycles. The van der Waals surface area contributed by atoms with Gasteiger partial charge >= 0.3 is 0 Å². The van der Waals surface area contributed by atoms with Crippen molar-refractivity contribution in [2.75, 3.05) is 6.61 Å². The third-order valence-corrected chi connectivity index (χ3v) is 1.25. The summed E-state index contributed by atoms with van der Waals surface area (Å²) in [4.78, 5) is 0. The maximum atomic E-state index is 9.25. The zero-order chi connectivity index (χ0) is 8.20. The molecule has 0 aliphatic rings. The van der Waals surface area contributed by atoms with E-state index in [1.807, 2.05) is 0 Å². The molecule has 0 fully saturated rings. The summed E-state index contributed by atoms with van der Waals surface area (Å²) >= 11 is 0. The van der Waals surface area contributed by atoms with Gasteiger partial charge in [0.15, 0.2) is 0 Å². The molecule has 0 aromatic heterocycles. The summed E-state index contributed by atoms with van der Waals surface area (Å²) < 4.78 is 0. The molecule has 10 heavy (non-hydrogen) atoms. The minimum atomic E-state index is -1.18. The van der Waals surface area contributed by atoms with Crippen molar-refractivity contribution in [3.05, 3.63) is 6.92 Å². The van der Waals surface area contributed by atoms with E-state index in [9.17, 15) is 5.11 Å². The number of hydrogen-bond acceptors (Lipinski definition) is 3. The number of aliphatic hydroxyl groups is 3. The first-order chi connectivity index (χ1) is 4.48. The van der Waals surface area contributed by atoms with E-state index in [0.717, 1.165) is 0 Å². The quantitative estimate of drug-likeness (QED) is 0.512. The molecular weight excluding hydrogens is 132 g/mol. The Hall–Kier alpha value is -0.120. The van der Waals surface area contributed by atoms with Crippen molar-refractivity contribution >= 4 is 0 Å². The molecule has 61 valence electrons. The van der Waals surface area contributed by atoms with Gasteiger partial charge in [0, 0.05) is 13.0 Å². The highest BCUT2D eigenvalue weighted by atomic mass is 16.3. The van der Waals surface area contributed by atoms with Crippen LogP contribution in [0, 0.1) is 6.92 Å². The van der Waals surface area contributed by atoms with Gasteiger partial charge in [-0.2, -0.15) is 0 Å². The average Bonchev–Trinajstić information content (AvgIpc) is 1.59. The largest absolute Gasteiger partial charge is 0.396 e. The second-order valence-corrected chi connectivity index (χ2v) is 2.75. The van der Waals surface area contributed by atoms with Gasteiger partial charge in [-0.25, -0.2) is 0 Å². The first kappa shape index (κ1) is 9.88. The van der Waals surface area contributed by atoms with Crippen LogP contribution < -0.4 is 0 Å². The van der Waals surface area contributed by atoms with Crippen LogP contribution in [0.3, 0.4) is 0 Å². The molecule has 2 atom stereocenters. The Balaban J connectivity index is 3.63. The Morgan fingerprint density at radius 3 is 2.40 bits per heavy atom. The molecule has 0 saturated heterocycles. The van der Waals surface area contributed by atoms with E-state index >= 15 is 0 Å². The van der Waals surface area contributed by atoms with Gasteiger partial charge in [0.05, 0.1) is 11.7 Å². The van der Waals surface area contributed by atoms with E-state index in [2.05, 4.69) is 6.92 Å². The van der Waals surface area contributed by atoms with Crippen LogP contribution in [0.4, 0.5) is 0 Å². The summed E-state index contributed by atoms with van der Waals surface area (Å²) in [5, 5.41) is 26.5. The smallest absolute Gasteiger partial charge is 0.0695 e. The minimum absolute atomic E-state index is 0.104. The summed E-state index contributed by atoms with van der Waals surface area (Å²) in [6.07, 6.45) is -0.167. The monoisotopic (exact) mass is 147 g/mol. The molecule has 0 spiro atoms. The lowest BCUT2D eigenvalue weighted by Gasteiger charge is -2.23. The summed E-state index contributed by atoms with van der Waals surface area (Å²) in [5.41, 5.74) is -1.18. The second-order valence-electron chi connectivity index (χ2n) is 2.75. The summed E-state index contributed by atoms with van der Waals surface area (Å²) in [7, 11) is 0.